The smallest absolute Gasteiger partial charge is 0.309 e. The van der Waals surface area contributed by atoms with Gasteiger partial charge in [-0.25, -0.2) is 4.39 Å². The first kappa shape index (κ1) is 12.4. The molecule has 1 aliphatic carbocycles. The average molecular weight is 217 g/mol. The summed E-state index contributed by atoms with van der Waals surface area (Å²) in [5, 5.41) is 0. The lowest BCUT2D eigenvalue weighted by Crippen LogP contribution is -2.32. The van der Waals surface area contributed by atoms with Gasteiger partial charge < -0.3 is 10.5 Å². The zero-order valence-corrected chi connectivity index (χ0v) is 9.68. The molecule has 1 rings (SSSR count). The summed E-state index contributed by atoms with van der Waals surface area (Å²) in [5.74, 6) is -0.617. The number of esters is 1. The van der Waals surface area contributed by atoms with Gasteiger partial charge in [0, 0.05) is 6.54 Å². The molecule has 0 aromatic rings. The summed E-state index contributed by atoms with van der Waals surface area (Å²) >= 11 is 0. The van der Waals surface area contributed by atoms with Crippen LogP contribution in [0.2, 0.25) is 0 Å². The fraction of sp³-hybridized carbons (Fsp3) is 0.909. The van der Waals surface area contributed by atoms with Crippen LogP contribution < -0.4 is 5.73 Å². The van der Waals surface area contributed by atoms with Gasteiger partial charge >= 0.3 is 5.97 Å². The maximum Gasteiger partial charge on any atom is 0.309 e. The Kier molecular flexibility index (Phi) is 3.38. The van der Waals surface area contributed by atoms with Crippen molar-refractivity contribution in [2.45, 2.75) is 51.3 Å². The molecule has 1 fully saturated rings. The van der Waals surface area contributed by atoms with Crippen molar-refractivity contribution in [3.8, 4) is 0 Å². The summed E-state index contributed by atoms with van der Waals surface area (Å²) in [4.78, 5) is 11.6. The molecule has 15 heavy (non-hydrogen) atoms. The second kappa shape index (κ2) is 4.08. The Balaban J connectivity index is 2.51. The molecule has 0 aromatic heterocycles. The standard InChI is InChI=1S/C11H20FNO2/c1-10(2,3)15-9(14)8-4-5-11(12,6-8)7-13/h8H,4-7,13H2,1-3H3/t8-,11+/m1/s1. The van der Waals surface area contributed by atoms with Crippen LogP contribution in [0.15, 0.2) is 0 Å². The highest BCUT2D eigenvalue weighted by Gasteiger charge is 2.42. The van der Waals surface area contributed by atoms with E-state index in [9.17, 15) is 9.18 Å². The van der Waals surface area contributed by atoms with Crippen LogP contribution in [-0.4, -0.2) is 23.8 Å². The first-order valence-corrected chi connectivity index (χ1v) is 5.38. The van der Waals surface area contributed by atoms with E-state index in [1.807, 2.05) is 20.8 Å². The molecule has 0 aromatic carbocycles. The van der Waals surface area contributed by atoms with Crippen molar-refractivity contribution >= 4 is 5.97 Å². The second-order valence-corrected chi connectivity index (χ2v) is 5.33. The Morgan fingerprint density at radius 2 is 2.20 bits per heavy atom. The molecule has 0 heterocycles. The summed E-state index contributed by atoms with van der Waals surface area (Å²) < 4.78 is 19.0. The quantitative estimate of drug-likeness (QED) is 0.717. The highest BCUT2D eigenvalue weighted by atomic mass is 19.1. The highest BCUT2D eigenvalue weighted by molar-refractivity contribution is 5.73. The molecular weight excluding hydrogens is 197 g/mol. The maximum atomic E-state index is 13.8. The molecule has 0 radical (unpaired) electrons. The Hall–Kier alpha value is -0.640. The molecular formula is C11H20FNO2. The minimum absolute atomic E-state index is 0.00764. The minimum Gasteiger partial charge on any atom is -0.460 e. The number of halogens is 1. The van der Waals surface area contributed by atoms with Crippen molar-refractivity contribution in [3.05, 3.63) is 0 Å². The molecule has 0 unspecified atom stereocenters. The van der Waals surface area contributed by atoms with Crippen molar-refractivity contribution < 1.29 is 13.9 Å². The summed E-state index contributed by atoms with van der Waals surface area (Å²) in [6.07, 6.45) is 1.12. The van der Waals surface area contributed by atoms with Crippen molar-refractivity contribution in [1.29, 1.82) is 0 Å². The van der Waals surface area contributed by atoms with Gasteiger partial charge in [-0.3, -0.25) is 4.79 Å². The predicted octanol–water partition coefficient (Wildman–Crippen LogP) is 1.80. The number of hydrogen-bond acceptors (Lipinski definition) is 3. The first-order valence-electron chi connectivity index (χ1n) is 5.38. The molecule has 0 bridgehead atoms. The van der Waals surface area contributed by atoms with Crippen molar-refractivity contribution in [1.82, 2.24) is 0 Å². The molecule has 0 spiro atoms. The van der Waals surface area contributed by atoms with Crippen LogP contribution in [0.1, 0.15) is 40.0 Å². The van der Waals surface area contributed by atoms with E-state index in [1.54, 1.807) is 0 Å². The van der Waals surface area contributed by atoms with Gasteiger partial charge in [0.25, 0.3) is 0 Å². The molecule has 4 heteroatoms. The third kappa shape index (κ3) is 3.45. The number of hydrogen-bond donors (Lipinski definition) is 1. The van der Waals surface area contributed by atoms with Gasteiger partial charge in [0.2, 0.25) is 0 Å². The van der Waals surface area contributed by atoms with Gasteiger partial charge in [-0.15, -0.1) is 0 Å². The van der Waals surface area contributed by atoms with E-state index in [0.29, 0.717) is 12.8 Å². The lowest BCUT2D eigenvalue weighted by atomic mass is 10.0. The largest absolute Gasteiger partial charge is 0.460 e. The van der Waals surface area contributed by atoms with Gasteiger partial charge in [0.1, 0.15) is 11.3 Å². The SMILES string of the molecule is CC(C)(C)OC(=O)[C@@H]1CC[C@@](F)(CN)C1. The van der Waals surface area contributed by atoms with E-state index in [2.05, 4.69) is 0 Å². The third-order valence-electron chi connectivity index (χ3n) is 2.66. The van der Waals surface area contributed by atoms with Crippen LogP contribution in [0.25, 0.3) is 0 Å². The van der Waals surface area contributed by atoms with E-state index in [4.69, 9.17) is 10.5 Å². The van der Waals surface area contributed by atoms with E-state index in [0.717, 1.165) is 0 Å². The fourth-order valence-corrected chi connectivity index (χ4v) is 1.85. The number of ether oxygens (including phenoxy) is 1. The summed E-state index contributed by atoms with van der Waals surface area (Å²) in [6.45, 7) is 5.43. The molecule has 1 aliphatic rings. The average Bonchev–Trinajstić information content (AvgIpc) is 2.46. The van der Waals surface area contributed by atoms with E-state index < -0.39 is 11.3 Å². The molecule has 1 saturated carbocycles. The predicted molar refractivity (Wildman–Crippen MR) is 56.1 cm³/mol. The summed E-state index contributed by atoms with van der Waals surface area (Å²) in [7, 11) is 0. The minimum atomic E-state index is -1.36. The van der Waals surface area contributed by atoms with Gasteiger partial charge in [-0.1, -0.05) is 0 Å². The van der Waals surface area contributed by atoms with Crippen LogP contribution >= 0.6 is 0 Å². The van der Waals surface area contributed by atoms with Gasteiger partial charge in [0.05, 0.1) is 5.92 Å². The molecule has 0 aliphatic heterocycles. The number of carbonyl (C=O) groups is 1. The lowest BCUT2D eigenvalue weighted by molar-refractivity contribution is -0.160. The molecule has 3 nitrogen and oxygen atoms in total. The molecule has 88 valence electrons. The van der Waals surface area contributed by atoms with E-state index in [-0.39, 0.29) is 24.9 Å². The number of rotatable bonds is 2. The van der Waals surface area contributed by atoms with Crippen LogP contribution in [-0.2, 0) is 9.53 Å². The maximum absolute atomic E-state index is 13.8. The Labute approximate surface area is 90.2 Å². The monoisotopic (exact) mass is 217 g/mol. The van der Waals surface area contributed by atoms with E-state index in [1.165, 1.54) is 0 Å². The number of nitrogens with two attached hydrogens (primary N) is 1. The molecule has 2 N–H and O–H groups in total. The van der Waals surface area contributed by atoms with E-state index >= 15 is 0 Å². The number of alkyl halides is 1. The fourth-order valence-electron chi connectivity index (χ4n) is 1.85. The van der Waals surface area contributed by atoms with Crippen molar-refractivity contribution in [3.63, 3.8) is 0 Å². The summed E-state index contributed by atoms with van der Waals surface area (Å²) in [5.41, 5.74) is 3.47. The molecule has 0 saturated heterocycles. The lowest BCUT2D eigenvalue weighted by Gasteiger charge is -2.22. The summed E-state index contributed by atoms with van der Waals surface area (Å²) in [6, 6.07) is 0. The zero-order chi connectivity index (χ0) is 11.7. The van der Waals surface area contributed by atoms with Crippen LogP contribution in [0.5, 0.6) is 0 Å². The normalized spacial score (nSPS) is 31.7. The van der Waals surface area contributed by atoms with Crippen LogP contribution in [0, 0.1) is 5.92 Å². The molecule has 2 atom stereocenters. The van der Waals surface area contributed by atoms with Gasteiger partial charge in [-0.05, 0) is 40.0 Å². The first-order chi connectivity index (χ1) is 6.76. The van der Waals surface area contributed by atoms with Crippen molar-refractivity contribution in [2.75, 3.05) is 6.54 Å². The second-order valence-electron chi connectivity index (χ2n) is 5.33. The highest BCUT2D eigenvalue weighted by Crippen LogP contribution is 2.38. The van der Waals surface area contributed by atoms with Gasteiger partial charge in [0.15, 0.2) is 0 Å². The number of carbonyl (C=O) groups excluding carboxylic acids is 1. The van der Waals surface area contributed by atoms with Gasteiger partial charge in [-0.2, -0.15) is 0 Å². The third-order valence-corrected chi connectivity index (χ3v) is 2.66. The van der Waals surface area contributed by atoms with Crippen LogP contribution in [0.3, 0.4) is 0 Å². The Morgan fingerprint density at radius 3 is 2.60 bits per heavy atom. The van der Waals surface area contributed by atoms with Crippen LogP contribution in [0.4, 0.5) is 4.39 Å². The topological polar surface area (TPSA) is 52.3 Å². The van der Waals surface area contributed by atoms with Crippen molar-refractivity contribution in [2.24, 2.45) is 11.7 Å². The Bertz CT molecular complexity index is 249. The zero-order valence-electron chi connectivity index (χ0n) is 9.68. The molecule has 0 amide bonds. The Morgan fingerprint density at radius 1 is 1.60 bits per heavy atom.